The minimum absolute atomic E-state index is 1.23. The van der Waals surface area contributed by atoms with Crippen LogP contribution in [0.5, 0.6) is 0 Å². The number of hydrogen-bond donors (Lipinski definition) is 0. The Balaban J connectivity index is 0.000000108. The van der Waals surface area contributed by atoms with E-state index in [1.54, 1.807) is 0 Å². The molecule has 23 rings (SSSR count). The Morgan fingerprint density at radius 2 is 0.342 bits per heavy atom. The molecule has 532 valence electrons. The van der Waals surface area contributed by atoms with Crippen LogP contribution in [0.15, 0.2) is 425 Å². The predicted octanol–water partition coefficient (Wildman–Crippen LogP) is 32.3. The lowest BCUT2D eigenvalue weighted by Crippen LogP contribution is -1.95. The Morgan fingerprint density at radius 1 is 0.114 bits per heavy atom. The maximum absolute atomic E-state index is 2.42. The highest BCUT2D eigenvalue weighted by atomic mass is 14.3. The summed E-state index contributed by atoms with van der Waals surface area (Å²) in [6, 6.07) is 156. The monoisotopic (exact) mass is 1440 g/mol. The molecule has 0 aliphatic rings. The van der Waals surface area contributed by atoms with Crippen LogP contribution in [0.1, 0.15) is 11.1 Å². The lowest BCUT2D eigenvalue weighted by Gasteiger charge is -2.21. The maximum atomic E-state index is 2.42. The summed E-state index contributed by atoms with van der Waals surface area (Å²) in [5.41, 5.74) is 20.7. The molecule has 0 fully saturated rings. The van der Waals surface area contributed by atoms with E-state index >= 15 is 0 Å². The molecule has 0 bridgehead atoms. The lowest BCUT2D eigenvalue weighted by atomic mass is 9.81. The van der Waals surface area contributed by atoms with Crippen molar-refractivity contribution in [3.63, 3.8) is 0 Å². The predicted molar refractivity (Wildman–Crippen MR) is 494 cm³/mol. The van der Waals surface area contributed by atoms with Gasteiger partial charge in [-0.25, -0.2) is 0 Å². The number of aryl methyl sites for hydroxylation is 2. The van der Waals surface area contributed by atoms with Crippen molar-refractivity contribution in [3.05, 3.63) is 436 Å². The van der Waals surface area contributed by atoms with Crippen molar-refractivity contribution in [1.29, 1.82) is 0 Å². The Bertz CT molecular complexity index is 7420. The van der Waals surface area contributed by atoms with Crippen molar-refractivity contribution in [2.24, 2.45) is 0 Å². The van der Waals surface area contributed by atoms with Crippen molar-refractivity contribution in [3.8, 4) is 77.9 Å². The molecule has 0 aromatic heterocycles. The van der Waals surface area contributed by atoms with Crippen LogP contribution < -0.4 is 0 Å². The summed E-state index contributed by atoms with van der Waals surface area (Å²) in [6.45, 7) is 4.49. The van der Waals surface area contributed by atoms with Crippen LogP contribution >= 0.6 is 0 Å². The molecule has 0 saturated carbocycles. The second kappa shape index (κ2) is 28.4. The fraction of sp³-hybridized carbons (Fsp3) is 0.0175. The van der Waals surface area contributed by atoms with Crippen molar-refractivity contribution in [1.82, 2.24) is 0 Å². The second-order valence-electron chi connectivity index (χ2n) is 30.4. The zero-order valence-corrected chi connectivity index (χ0v) is 63.4. The van der Waals surface area contributed by atoms with E-state index < -0.39 is 0 Å². The first-order valence-electron chi connectivity index (χ1n) is 39.7. The van der Waals surface area contributed by atoms with Gasteiger partial charge in [0.15, 0.2) is 0 Å². The highest BCUT2D eigenvalue weighted by Gasteiger charge is 2.24. The Kier molecular flexibility index (Phi) is 16.8. The van der Waals surface area contributed by atoms with Gasteiger partial charge in [0.1, 0.15) is 0 Å². The van der Waals surface area contributed by atoms with E-state index in [1.165, 1.54) is 229 Å². The molecule has 23 aromatic rings. The highest BCUT2D eigenvalue weighted by Crippen LogP contribution is 2.52. The van der Waals surface area contributed by atoms with Gasteiger partial charge in [0.05, 0.1) is 0 Å². The molecule has 0 atom stereocenters. The van der Waals surface area contributed by atoms with Gasteiger partial charge in [0, 0.05) is 0 Å². The summed E-state index contributed by atoms with van der Waals surface area (Å²) < 4.78 is 0. The average molecular weight is 1450 g/mol. The van der Waals surface area contributed by atoms with E-state index in [2.05, 4.69) is 438 Å². The molecule has 23 aromatic carbocycles. The van der Waals surface area contributed by atoms with Gasteiger partial charge in [-0.3, -0.25) is 0 Å². The summed E-state index contributed by atoms with van der Waals surface area (Å²) >= 11 is 0. The number of hydrogen-bond acceptors (Lipinski definition) is 0. The third kappa shape index (κ3) is 11.6. The van der Waals surface area contributed by atoms with E-state index in [0.29, 0.717) is 0 Å². The summed E-state index contributed by atoms with van der Waals surface area (Å²) in [6.07, 6.45) is 0. The quantitative estimate of drug-likeness (QED) is 0.140. The molecule has 0 N–H and O–H groups in total. The van der Waals surface area contributed by atoms with Crippen LogP contribution in [0.3, 0.4) is 0 Å². The molecule has 0 radical (unpaired) electrons. The Morgan fingerprint density at radius 3 is 0.711 bits per heavy atom. The van der Waals surface area contributed by atoms with Crippen LogP contribution in [0, 0.1) is 13.8 Å². The topological polar surface area (TPSA) is 0 Å². The molecular formula is C114H76. The standard InChI is InChI=1S/C44H28.C36H26.C34H22/c1-4-12-32-25-35(20-17-29(32)9-1)36-23-24-41-42(28-36)44(38-22-19-31-11-3-6-14-34(31)27-38)40-16-8-7-15-39(40)43(41)37-21-18-30-10-2-5-13-33(30)26-37;1-23-19-21-25-11-3-5-13-27(25)33(23)35-29-15-7-9-17-31(29)36(32-18-10-8-16-30(32)35)34-24(2)20-22-26-12-4-6-14-28(26)34;1-3-15-25-23(11-1)13-9-21-27(25)33-29-17-5-7-19-31(29)34(32-20-8-6-18-30(32)33)28-22-10-14-24-12-2-4-16-26(24)28/h1-28H;3-22H,1-2H3;1-22H. The molecule has 0 aliphatic carbocycles. The fourth-order valence-corrected chi connectivity index (χ4v) is 18.7. The van der Waals surface area contributed by atoms with Gasteiger partial charge in [-0.1, -0.05) is 400 Å². The van der Waals surface area contributed by atoms with E-state index in [-0.39, 0.29) is 0 Å². The molecule has 114 heavy (non-hydrogen) atoms. The van der Waals surface area contributed by atoms with E-state index in [9.17, 15) is 0 Å². The number of benzene rings is 23. The largest absolute Gasteiger partial charge is 0.0616 e. The van der Waals surface area contributed by atoms with Crippen LogP contribution in [-0.2, 0) is 0 Å². The van der Waals surface area contributed by atoms with Gasteiger partial charge in [-0.15, -0.1) is 0 Å². The first-order valence-corrected chi connectivity index (χ1v) is 39.7. The molecular weight excluding hydrogens is 1370 g/mol. The molecule has 0 heteroatoms. The molecule has 0 spiro atoms. The van der Waals surface area contributed by atoms with Gasteiger partial charge in [0.2, 0.25) is 0 Å². The number of rotatable bonds is 7. The zero-order valence-electron chi connectivity index (χ0n) is 63.4. The first kappa shape index (κ1) is 67.5. The van der Waals surface area contributed by atoms with Crippen LogP contribution in [0.4, 0.5) is 0 Å². The summed E-state index contributed by atoms with van der Waals surface area (Å²) in [5, 5.41) is 33.3. The zero-order chi connectivity index (χ0) is 75.7. The van der Waals surface area contributed by atoms with Crippen LogP contribution in [0.2, 0.25) is 0 Å². The van der Waals surface area contributed by atoms with Gasteiger partial charge in [-0.05, 0) is 267 Å². The van der Waals surface area contributed by atoms with Gasteiger partial charge < -0.3 is 0 Å². The number of fused-ring (bicyclic) bond motifs is 13. The molecule has 0 amide bonds. The fourth-order valence-electron chi connectivity index (χ4n) is 18.7. The summed E-state index contributed by atoms with van der Waals surface area (Å²) in [4.78, 5) is 0. The van der Waals surface area contributed by atoms with Gasteiger partial charge >= 0.3 is 0 Å². The van der Waals surface area contributed by atoms with Gasteiger partial charge in [0.25, 0.3) is 0 Å². The third-order valence-corrected chi connectivity index (χ3v) is 23.9. The van der Waals surface area contributed by atoms with E-state index in [1.807, 2.05) is 0 Å². The Hall–Kier alpha value is -14.6. The normalized spacial score (nSPS) is 11.6. The second-order valence-corrected chi connectivity index (χ2v) is 30.4. The van der Waals surface area contributed by atoms with E-state index in [0.717, 1.165) is 0 Å². The minimum Gasteiger partial charge on any atom is -0.0616 e. The Labute approximate surface area is 663 Å². The first-order chi connectivity index (χ1) is 56.4. The molecule has 0 saturated heterocycles. The lowest BCUT2D eigenvalue weighted by molar-refractivity contribution is 1.49. The minimum atomic E-state index is 1.23. The smallest absolute Gasteiger partial charge is 0.00175 e. The van der Waals surface area contributed by atoms with Crippen molar-refractivity contribution < 1.29 is 0 Å². The summed E-state index contributed by atoms with van der Waals surface area (Å²) in [7, 11) is 0. The maximum Gasteiger partial charge on any atom is -0.00175 e. The molecule has 0 nitrogen and oxygen atoms in total. The molecule has 0 heterocycles. The SMILES string of the molecule is Cc1ccc2ccccc2c1-c1c2ccccc2c(-c2c(C)ccc3ccccc23)c2ccccc12.c1ccc2c(-c3c4ccccc4c(-c4cccc5ccccc45)c4ccccc34)cccc2c1.c1ccc2cc(-c3ccc4c(-c5ccc6ccccc6c5)c5ccccc5c(-c5ccc6ccccc6c5)c4c3)ccc2c1. The van der Waals surface area contributed by atoms with Gasteiger partial charge in [-0.2, -0.15) is 0 Å². The third-order valence-electron chi connectivity index (χ3n) is 23.9. The van der Waals surface area contributed by atoms with Crippen molar-refractivity contribution >= 4 is 140 Å². The summed E-state index contributed by atoms with van der Waals surface area (Å²) in [5.74, 6) is 0. The van der Waals surface area contributed by atoms with E-state index in [4.69, 9.17) is 0 Å². The van der Waals surface area contributed by atoms with Crippen LogP contribution in [0.25, 0.3) is 218 Å². The van der Waals surface area contributed by atoms with Crippen molar-refractivity contribution in [2.45, 2.75) is 13.8 Å². The van der Waals surface area contributed by atoms with Crippen molar-refractivity contribution in [2.75, 3.05) is 0 Å². The molecule has 0 aliphatic heterocycles. The van der Waals surface area contributed by atoms with Crippen LogP contribution in [-0.4, -0.2) is 0 Å². The molecule has 0 unspecified atom stereocenters. The average Bonchev–Trinajstić information content (AvgIpc) is 0.726. The highest BCUT2D eigenvalue weighted by molar-refractivity contribution is 6.28.